The smallest absolute Gasteiger partial charge is 0.291 e. The van der Waals surface area contributed by atoms with Gasteiger partial charge in [-0.2, -0.15) is 0 Å². The van der Waals surface area contributed by atoms with E-state index in [2.05, 4.69) is 20.5 Å². The lowest BCUT2D eigenvalue weighted by Gasteiger charge is -2.20. The van der Waals surface area contributed by atoms with Crippen LogP contribution >= 0.6 is 0 Å². The van der Waals surface area contributed by atoms with Gasteiger partial charge < -0.3 is 5.32 Å². The van der Waals surface area contributed by atoms with Gasteiger partial charge in [0.05, 0.1) is 0 Å². The second-order valence-electron chi connectivity index (χ2n) is 5.71. The number of H-pyrrole nitrogens is 1. The number of carbonyl (C=O) groups excluding carboxylic acids is 1. The number of aromatic amines is 1. The molecule has 1 fully saturated rings. The van der Waals surface area contributed by atoms with E-state index in [0.29, 0.717) is 0 Å². The fourth-order valence-corrected chi connectivity index (χ4v) is 2.48. The molecule has 0 saturated heterocycles. The highest BCUT2D eigenvalue weighted by molar-refractivity contribution is 5.90. The quantitative estimate of drug-likeness (QED) is 0.881. The first-order valence-corrected chi connectivity index (χ1v) is 7.40. The summed E-state index contributed by atoms with van der Waals surface area (Å²) in [5.74, 6) is 1.15. The normalized spacial score (nSPS) is 18.1. The van der Waals surface area contributed by atoms with Gasteiger partial charge in [-0.05, 0) is 12.8 Å². The van der Waals surface area contributed by atoms with Crippen LogP contribution in [0.2, 0.25) is 0 Å². The predicted octanol–water partition coefficient (Wildman–Crippen LogP) is 2.77. The molecule has 1 aliphatic rings. The maximum atomic E-state index is 12.1. The molecule has 1 saturated carbocycles. The van der Waals surface area contributed by atoms with Gasteiger partial charge in [0, 0.05) is 12.0 Å². The van der Waals surface area contributed by atoms with Crippen LogP contribution in [0.25, 0.3) is 0 Å². The van der Waals surface area contributed by atoms with Crippen molar-refractivity contribution < 1.29 is 4.79 Å². The molecule has 1 heterocycles. The first kappa shape index (κ1) is 14.0. The van der Waals surface area contributed by atoms with Gasteiger partial charge >= 0.3 is 0 Å². The third-order valence-electron chi connectivity index (χ3n) is 3.69. The van der Waals surface area contributed by atoms with Crippen LogP contribution in [0.5, 0.6) is 0 Å². The molecule has 5 nitrogen and oxygen atoms in total. The molecule has 1 aromatic heterocycles. The zero-order valence-corrected chi connectivity index (χ0v) is 11.9. The van der Waals surface area contributed by atoms with Crippen molar-refractivity contribution in [2.24, 2.45) is 0 Å². The second-order valence-corrected chi connectivity index (χ2v) is 5.71. The van der Waals surface area contributed by atoms with Crippen LogP contribution in [0.1, 0.15) is 81.2 Å². The largest absolute Gasteiger partial charge is 0.347 e. The first-order chi connectivity index (χ1) is 9.16. The summed E-state index contributed by atoms with van der Waals surface area (Å²) >= 11 is 0. The molecule has 106 valence electrons. The Balaban J connectivity index is 1.91. The molecule has 0 unspecified atom stereocenters. The number of amides is 1. The van der Waals surface area contributed by atoms with Crippen molar-refractivity contribution in [1.82, 2.24) is 20.5 Å². The van der Waals surface area contributed by atoms with E-state index in [9.17, 15) is 4.79 Å². The molecule has 1 amide bonds. The van der Waals surface area contributed by atoms with Gasteiger partial charge in [-0.25, -0.2) is 4.98 Å². The third-order valence-corrected chi connectivity index (χ3v) is 3.69. The summed E-state index contributed by atoms with van der Waals surface area (Å²) in [6.07, 6.45) is 8.46. The van der Waals surface area contributed by atoms with Crippen LogP contribution in [0, 0.1) is 0 Å². The molecule has 0 aromatic carbocycles. The summed E-state index contributed by atoms with van der Waals surface area (Å²) in [5, 5.41) is 9.89. The van der Waals surface area contributed by atoms with Crippen molar-refractivity contribution >= 4 is 5.91 Å². The Bertz CT molecular complexity index is 405. The lowest BCUT2D eigenvalue weighted by Crippen LogP contribution is -2.35. The van der Waals surface area contributed by atoms with E-state index in [0.717, 1.165) is 18.7 Å². The topological polar surface area (TPSA) is 70.7 Å². The highest BCUT2D eigenvalue weighted by Crippen LogP contribution is 2.17. The fraction of sp³-hybridized carbons (Fsp3) is 0.786. The SMILES string of the molecule is CC(C)c1nc(C(=O)NC2CCCCCCC2)n[nH]1. The predicted molar refractivity (Wildman–Crippen MR) is 74.0 cm³/mol. The number of hydrogen-bond acceptors (Lipinski definition) is 3. The van der Waals surface area contributed by atoms with E-state index in [4.69, 9.17) is 0 Å². The van der Waals surface area contributed by atoms with Gasteiger partial charge in [-0.15, -0.1) is 5.10 Å². The molecule has 19 heavy (non-hydrogen) atoms. The number of aromatic nitrogens is 3. The Morgan fingerprint density at radius 2 is 1.84 bits per heavy atom. The summed E-state index contributed by atoms with van der Waals surface area (Å²) < 4.78 is 0. The molecule has 0 radical (unpaired) electrons. The Hall–Kier alpha value is -1.39. The van der Waals surface area contributed by atoms with Crippen molar-refractivity contribution in [3.05, 3.63) is 11.6 Å². The summed E-state index contributed by atoms with van der Waals surface area (Å²) in [6.45, 7) is 4.05. The van der Waals surface area contributed by atoms with Crippen LogP contribution in [-0.4, -0.2) is 27.1 Å². The van der Waals surface area contributed by atoms with E-state index in [1.54, 1.807) is 0 Å². The molecule has 0 atom stereocenters. The van der Waals surface area contributed by atoms with Crippen LogP contribution in [0.15, 0.2) is 0 Å². The molecule has 0 spiro atoms. The van der Waals surface area contributed by atoms with Crippen molar-refractivity contribution in [2.75, 3.05) is 0 Å². The van der Waals surface area contributed by atoms with E-state index < -0.39 is 0 Å². The van der Waals surface area contributed by atoms with E-state index >= 15 is 0 Å². The van der Waals surface area contributed by atoms with E-state index in [1.165, 1.54) is 32.1 Å². The number of hydrogen-bond donors (Lipinski definition) is 2. The van der Waals surface area contributed by atoms with E-state index in [-0.39, 0.29) is 23.7 Å². The number of nitrogens with one attached hydrogen (secondary N) is 2. The van der Waals surface area contributed by atoms with Gasteiger partial charge in [0.2, 0.25) is 5.82 Å². The van der Waals surface area contributed by atoms with Crippen LogP contribution in [0.4, 0.5) is 0 Å². The van der Waals surface area contributed by atoms with Crippen molar-refractivity contribution in [3.8, 4) is 0 Å². The minimum Gasteiger partial charge on any atom is -0.347 e. The highest BCUT2D eigenvalue weighted by atomic mass is 16.2. The first-order valence-electron chi connectivity index (χ1n) is 7.40. The van der Waals surface area contributed by atoms with Crippen molar-refractivity contribution in [2.45, 2.75) is 70.8 Å². The summed E-state index contributed by atoms with van der Waals surface area (Å²) in [4.78, 5) is 16.3. The van der Waals surface area contributed by atoms with Gasteiger partial charge in [0.25, 0.3) is 5.91 Å². The van der Waals surface area contributed by atoms with Crippen molar-refractivity contribution in [3.63, 3.8) is 0 Å². The Labute approximate surface area is 114 Å². The van der Waals surface area contributed by atoms with Crippen molar-refractivity contribution in [1.29, 1.82) is 0 Å². The molecule has 0 aliphatic heterocycles. The molecular weight excluding hydrogens is 240 g/mol. The highest BCUT2D eigenvalue weighted by Gasteiger charge is 2.18. The Morgan fingerprint density at radius 1 is 1.21 bits per heavy atom. The third kappa shape index (κ3) is 4.04. The van der Waals surface area contributed by atoms with Gasteiger partial charge in [-0.1, -0.05) is 46.0 Å². The second kappa shape index (κ2) is 6.68. The Kier molecular flexibility index (Phi) is 4.93. The molecule has 1 aromatic rings. The summed E-state index contributed by atoms with van der Waals surface area (Å²) in [7, 11) is 0. The average molecular weight is 264 g/mol. The van der Waals surface area contributed by atoms with Crippen LogP contribution in [0.3, 0.4) is 0 Å². The van der Waals surface area contributed by atoms with Crippen LogP contribution in [-0.2, 0) is 0 Å². The standard InChI is InChI=1S/C14H24N4O/c1-10(2)12-16-13(18-17-12)14(19)15-11-8-6-4-3-5-7-9-11/h10-11H,3-9H2,1-2H3,(H,15,19)(H,16,17,18). The number of rotatable bonds is 3. The Morgan fingerprint density at radius 3 is 2.42 bits per heavy atom. The molecule has 2 N–H and O–H groups in total. The molecule has 1 aliphatic carbocycles. The lowest BCUT2D eigenvalue weighted by molar-refractivity contribution is 0.0920. The van der Waals surface area contributed by atoms with E-state index in [1.807, 2.05) is 13.8 Å². The summed E-state index contributed by atoms with van der Waals surface area (Å²) in [6, 6.07) is 0.286. The summed E-state index contributed by atoms with van der Waals surface area (Å²) in [5.41, 5.74) is 0. The molecular formula is C14H24N4O. The van der Waals surface area contributed by atoms with Crippen LogP contribution < -0.4 is 5.32 Å². The number of nitrogens with zero attached hydrogens (tertiary/aromatic N) is 2. The fourth-order valence-electron chi connectivity index (χ4n) is 2.48. The molecule has 5 heteroatoms. The number of carbonyl (C=O) groups is 1. The zero-order chi connectivity index (χ0) is 13.7. The lowest BCUT2D eigenvalue weighted by atomic mass is 9.97. The maximum absolute atomic E-state index is 12.1. The zero-order valence-electron chi connectivity index (χ0n) is 11.9. The minimum atomic E-state index is -0.145. The van der Waals surface area contributed by atoms with Gasteiger partial charge in [0.15, 0.2) is 0 Å². The average Bonchev–Trinajstić information content (AvgIpc) is 2.82. The molecule has 2 rings (SSSR count). The minimum absolute atomic E-state index is 0.145. The maximum Gasteiger partial charge on any atom is 0.291 e. The monoisotopic (exact) mass is 264 g/mol. The molecule has 0 bridgehead atoms. The van der Waals surface area contributed by atoms with Gasteiger partial charge in [-0.3, -0.25) is 9.89 Å². The van der Waals surface area contributed by atoms with Gasteiger partial charge in [0.1, 0.15) is 5.82 Å².